The summed E-state index contributed by atoms with van der Waals surface area (Å²) in [6.07, 6.45) is 0.670. The molecule has 1 heterocycles. The molecule has 0 aromatic heterocycles. The van der Waals surface area contributed by atoms with Gasteiger partial charge in [-0.05, 0) is 52.3 Å². The molecule has 0 aliphatic carbocycles. The number of rotatable bonds is 15. The first-order valence-corrected chi connectivity index (χ1v) is 15.7. The Kier molecular flexibility index (Phi) is 12.0. The fraction of sp³-hybridized carbons (Fsp3) is 0.579. The molecule has 1 aliphatic rings. The summed E-state index contributed by atoms with van der Waals surface area (Å²) in [5, 5.41) is 0. The molecule has 1 unspecified atom stereocenters. The van der Waals surface area contributed by atoms with Gasteiger partial charge in [0.25, 0.3) is 0 Å². The van der Waals surface area contributed by atoms with Gasteiger partial charge in [0.2, 0.25) is 0 Å². The molecule has 13 nitrogen and oxygen atoms in total. The van der Waals surface area contributed by atoms with Gasteiger partial charge in [-0.1, -0.05) is 12.1 Å². The maximum atomic E-state index is 11.4. The predicted octanol–water partition coefficient (Wildman–Crippen LogP) is 6.44. The Balaban J connectivity index is 2.54. The van der Waals surface area contributed by atoms with E-state index in [-0.39, 0.29) is 13.2 Å². The zero-order valence-electron chi connectivity index (χ0n) is 20.5. The summed E-state index contributed by atoms with van der Waals surface area (Å²) in [7, 11) is -9.87. The molecule has 0 fully saturated rings. The highest BCUT2D eigenvalue weighted by Crippen LogP contribution is 2.80. The first-order chi connectivity index (χ1) is 16.8. The third-order valence-electron chi connectivity index (χ3n) is 3.86. The molecule has 0 saturated carbocycles. The molecule has 196 valence electrons. The van der Waals surface area contributed by atoms with Crippen molar-refractivity contribution in [2.24, 2.45) is 13.5 Å². The number of hydrogen-bond donors (Lipinski definition) is 0. The van der Waals surface area contributed by atoms with Gasteiger partial charge in [0.1, 0.15) is 12.4 Å². The summed E-state index contributed by atoms with van der Waals surface area (Å²) in [4.78, 5) is 14.0. The van der Waals surface area contributed by atoms with Crippen LogP contribution in [0.2, 0.25) is 0 Å². The van der Waals surface area contributed by atoms with E-state index in [0.29, 0.717) is 44.0 Å². The highest BCUT2D eigenvalue weighted by molar-refractivity contribution is 7.78. The molecule has 35 heavy (non-hydrogen) atoms. The van der Waals surface area contributed by atoms with Crippen LogP contribution >= 0.6 is 23.0 Å². The summed E-state index contributed by atoms with van der Waals surface area (Å²) in [5.41, 5.74) is 9.07. The average Bonchev–Trinajstić information content (AvgIpc) is 2.79. The lowest BCUT2D eigenvalue weighted by Crippen LogP contribution is -2.06. The van der Waals surface area contributed by atoms with Crippen LogP contribution < -0.4 is 4.52 Å². The van der Waals surface area contributed by atoms with Crippen LogP contribution in [-0.2, 0) is 38.8 Å². The number of carbonyl (C=O) groups excluding carboxylic acids is 1. The van der Waals surface area contributed by atoms with E-state index >= 15 is 0 Å². The minimum absolute atomic E-state index is 0.0167. The lowest BCUT2D eigenvalue weighted by Gasteiger charge is -2.32. The van der Waals surface area contributed by atoms with Crippen molar-refractivity contribution in [2.45, 2.75) is 41.2 Å². The van der Waals surface area contributed by atoms with Gasteiger partial charge in [-0.3, -0.25) is 4.52 Å². The minimum atomic E-state index is -3.40. The Hall–Kier alpha value is -1.64. The number of nitrogens with zero attached hydrogens (tertiary/aromatic N) is 5. The van der Waals surface area contributed by atoms with Crippen molar-refractivity contribution in [1.82, 2.24) is 0 Å². The summed E-state index contributed by atoms with van der Waals surface area (Å²) in [5.74, 6) is -0.359. The standard InChI is InChI=1S/C19H32N5O8P3/c1-6-27-33(28-7-2)22-34(29-8-3,30-9-4)24-35(23-33,31-10-5)32-18-13-11-17(12-14-18)16-26-19(25)15-21-20/h11-15H,6-10,16H2,1-5H3. The van der Waals surface area contributed by atoms with E-state index in [0.717, 1.165) is 0 Å². The van der Waals surface area contributed by atoms with E-state index < -0.39 is 28.9 Å². The van der Waals surface area contributed by atoms with Gasteiger partial charge in [0.15, 0.2) is 0 Å². The Morgan fingerprint density at radius 1 is 0.800 bits per heavy atom. The van der Waals surface area contributed by atoms with Crippen molar-refractivity contribution < 1.29 is 41.5 Å². The molecule has 0 spiro atoms. The molecule has 16 heteroatoms. The maximum Gasteiger partial charge on any atom is 0.413 e. The monoisotopic (exact) mass is 551 g/mol. The topological polar surface area (TPSA) is 155 Å². The number of esters is 1. The van der Waals surface area contributed by atoms with Gasteiger partial charge in [-0.2, -0.15) is 4.79 Å². The molecule has 0 amide bonds. The number of ether oxygens (including phenoxy) is 1. The lowest BCUT2D eigenvalue weighted by atomic mass is 10.2. The van der Waals surface area contributed by atoms with E-state index in [1.165, 1.54) is 0 Å². The number of hydrogen-bond acceptors (Lipinski definition) is 11. The summed E-state index contributed by atoms with van der Waals surface area (Å²) in [6, 6.07) is 6.75. The second-order valence-corrected chi connectivity index (χ2v) is 13.0. The van der Waals surface area contributed by atoms with Crippen molar-refractivity contribution in [1.29, 1.82) is 0 Å². The van der Waals surface area contributed by atoms with Crippen molar-refractivity contribution in [3.8, 4) is 5.75 Å². The number of carbonyl (C=O) groups is 1. The minimum Gasteiger partial charge on any atom is -0.452 e. The fourth-order valence-corrected chi connectivity index (χ4v) is 12.2. The summed E-state index contributed by atoms with van der Waals surface area (Å²) < 4.78 is 55.2. The van der Waals surface area contributed by atoms with E-state index in [1.807, 2.05) is 27.7 Å². The van der Waals surface area contributed by atoms with Gasteiger partial charge in [-0.25, -0.2) is 4.79 Å². The van der Waals surface area contributed by atoms with Gasteiger partial charge >= 0.3 is 35.2 Å². The van der Waals surface area contributed by atoms with Gasteiger partial charge in [-0.15, -0.1) is 13.5 Å². The smallest absolute Gasteiger partial charge is 0.413 e. The Morgan fingerprint density at radius 3 is 1.69 bits per heavy atom. The molecular weight excluding hydrogens is 519 g/mol. The molecule has 2 rings (SSSR count). The second-order valence-electron chi connectivity index (χ2n) is 6.42. The molecule has 1 aromatic carbocycles. The molecule has 1 aromatic rings. The highest BCUT2D eigenvalue weighted by Gasteiger charge is 2.43. The maximum absolute atomic E-state index is 11.4. The van der Waals surface area contributed by atoms with Crippen LogP contribution in [0, 0.1) is 0 Å². The van der Waals surface area contributed by atoms with E-state index in [1.54, 1.807) is 31.2 Å². The third-order valence-corrected chi connectivity index (χ3v) is 12.7. The Bertz CT molecular complexity index is 1040. The third kappa shape index (κ3) is 8.46. The molecular formula is C19H32N5O8P3. The Labute approximate surface area is 205 Å². The fourth-order valence-electron chi connectivity index (χ4n) is 2.74. The zero-order valence-corrected chi connectivity index (χ0v) is 23.2. The molecule has 0 saturated heterocycles. The van der Waals surface area contributed by atoms with E-state index in [9.17, 15) is 4.79 Å². The lowest BCUT2D eigenvalue weighted by molar-refractivity contribution is -0.140. The SMILES string of the molecule is CCOP1(OCC)=NP(OCC)(OCC)=NP(OCC)(Oc2ccc(COC(=O)C=[N+]=[N-])cc2)=N1. The van der Waals surface area contributed by atoms with Crippen LogP contribution in [-0.4, -0.2) is 50.0 Å². The average molecular weight is 551 g/mol. The van der Waals surface area contributed by atoms with Crippen LogP contribution in [0.1, 0.15) is 40.2 Å². The van der Waals surface area contributed by atoms with Crippen molar-refractivity contribution in [3.05, 3.63) is 35.4 Å². The second kappa shape index (κ2) is 14.2. The van der Waals surface area contributed by atoms with Crippen LogP contribution in [0.5, 0.6) is 5.75 Å². The summed E-state index contributed by atoms with van der Waals surface area (Å²) in [6.45, 7) is 10.5. The Morgan fingerprint density at radius 2 is 1.23 bits per heavy atom. The largest absolute Gasteiger partial charge is 0.452 e. The van der Waals surface area contributed by atoms with Crippen molar-refractivity contribution in [2.75, 3.05) is 33.0 Å². The van der Waals surface area contributed by atoms with E-state index in [2.05, 4.69) is 9.31 Å². The summed E-state index contributed by atoms with van der Waals surface area (Å²) >= 11 is 0. The molecule has 1 atom stereocenters. The first-order valence-electron chi connectivity index (χ1n) is 11.1. The molecule has 1 aliphatic heterocycles. The van der Waals surface area contributed by atoms with Crippen LogP contribution in [0.4, 0.5) is 0 Å². The molecule has 0 bridgehead atoms. The van der Waals surface area contributed by atoms with Crippen molar-refractivity contribution in [3.63, 3.8) is 0 Å². The zero-order chi connectivity index (χ0) is 25.8. The highest BCUT2D eigenvalue weighted by atomic mass is 31.3. The van der Waals surface area contributed by atoms with Crippen molar-refractivity contribution >= 4 is 35.2 Å². The van der Waals surface area contributed by atoms with Gasteiger partial charge in [0.05, 0.1) is 33.0 Å². The van der Waals surface area contributed by atoms with Crippen LogP contribution in [0.3, 0.4) is 0 Å². The van der Waals surface area contributed by atoms with Crippen LogP contribution in [0.15, 0.2) is 37.8 Å². The van der Waals surface area contributed by atoms with Gasteiger partial charge in [0, 0.05) is 0 Å². The predicted molar refractivity (Wildman–Crippen MR) is 133 cm³/mol. The first kappa shape index (κ1) is 29.6. The quantitative estimate of drug-likeness (QED) is 0.0792. The van der Waals surface area contributed by atoms with Gasteiger partial charge < -0.3 is 32.9 Å². The molecule has 0 N–H and O–H groups in total. The van der Waals surface area contributed by atoms with Crippen LogP contribution in [0.25, 0.3) is 5.53 Å². The normalized spacial score (nSPS) is 19.9. The number of benzene rings is 1. The molecule has 0 radical (unpaired) electrons. The van der Waals surface area contributed by atoms with E-state index in [4.69, 9.17) is 46.4 Å².